The number of aliphatic carboxylic acids is 1. The highest BCUT2D eigenvalue weighted by Crippen LogP contribution is 2.21. The highest BCUT2D eigenvalue weighted by molar-refractivity contribution is 5.82. The fourth-order valence-electron chi connectivity index (χ4n) is 2.75. The molecule has 122 valence electrons. The second-order valence-electron chi connectivity index (χ2n) is 5.54. The number of carboxylic acids is 1. The zero-order valence-electron chi connectivity index (χ0n) is 13.2. The Bertz CT molecular complexity index is 945. The first-order valence-electron chi connectivity index (χ1n) is 7.54. The van der Waals surface area contributed by atoms with Crippen molar-refractivity contribution in [1.29, 1.82) is 0 Å². The molecule has 0 fully saturated rings. The molecule has 5 nitrogen and oxygen atoms in total. The number of aromatic nitrogens is 1. The van der Waals surface area contributed by atoms with Crippen LogP contribution in [0.15, 0.2) is 59.4 Å². The largest absolute Gasteiger partial charge is 0.497 e. The first kappa shape index (κ1) is 15.8. The Morgan fingerprint density at radius 3 is 2.54 bits per heavy atom. The van der Waals surface area contributed by atoms with E-state index in [0.717, 1.165) is 16.5 Å². The fraction of sp³-hybridized carbons (Fsp3) is 0.158. The highest BCUT2D eigenvalue weighted by atomic mass is 16.5. The molecule has 0 bridgehead atoms. The van der Waals surface area contributed by atoms with Crippen molar-refractivity contribution in [2.24, 2.45) is 0 Å². The predicted molar refractivity (Wildman–Crippen MR) is 91.6 cm³/mol. The summed E-state index contributed by atoms with van der Waals surface area (Å²) in [5.41, 5.74) is 1.67. The van der Waals surface area contributed by atoms with Crippen molar-refractivity contribution in [2.45, 2.75) is 13.0 Å². The van der Waals surface area contributed by atoms with Crippen molar-refractivity contribution in [2.75, 3.05) is 7.11 Å². The van der Waals surface area contributed by atoms with Crippen LogP contribution in [0.1, 0.15) is 11.1 Å². The minimum Gasteiger partial charge on any atom is -0.497 e. The van der Waals surface area contributed by atoms with Crippen molar-refractivity contribution in [3.8, 4) is 5.75 Å². The summed E-state index contributed by atoms with van der Waals surface area (Å²) in [6.07, 6.45) is -0.296. The number of pyridine rings is 1. The molecule has 0 radical (unpaired) electrons. The lowest BCUT2D eigenvalue weighted by Gasteiger charge is -2.13. The van der Waals surface area contributed by atoms with E-state index in [1.165, 1.54) is 0 Å². The van der Waals surface area contributed by atoms with Gasteiger partial charge in [-0.05, 0) is 29.1 Å². The Balaban J connectivity index is 2.23. The van der Waals surface area contributed by atoms with Gasteiger partial charge in [-0.25, -0.2) is 0 Å². The van der Waals surface area contributed by atoms with E-state index in [2.05, 4.69) is 0 Å². The molecule has 0 aliphatic carbocycles. The number of ether oxygens (including phenoxy) is 1. The summed E-state index contributed by atoms with van der Waals surface area (Å²) in [5, 5.41) is 9.87. The van der Waals surface area contributed by atoms with Crippen LogP contribution in [0.25, 0.3) is 10.9 Å². The molecular weight excluding hydrogens is 306 g/mol. The van der Waals surface area contributed by atoms with Crippen LogP contribution in [0.3, 0.4) is 0 Å². The third-order valence-electron chi connectivity index (χ3n) is 3.90. The maximum atomic E-state index is 12.8. The van der Waals surface area contributed by atoms with Crippen molar-refractivity contribution < 1.29 is 14.6 Å². The third-order valence-corrected chi connectivity index (χ3v) is 3.90. The zero-order chi connectivity index (χ0) is 17.1. The van der Waals surface area contributed by atoms with Crippen LogP contribution < -0.4 is 10.3 Å². The Hall–Kier alpha value is -3.08. The molecule has 3 rings (SSSR count). The van der Waals surface area contributed by atoms with E-state index in [9.17, 15) is 9.59 Å². The molecule has 5 heteroatoms. The summed E-state index contributed by atoms with van der Waals surface area (Å²) < 4.78 is 6.86. The molecule has 1 aromatic heterocycles. The van der Waals surface area contributed by atoms with Gasteiger partial charge in [0.15, 0.2) is 0 Å². The molecule has 0 saturated carbocycles. The van der Waals surface area contributed by atoms with Crippen molar-refractivity contribution in [3.63, 3.8) is 0 Å². The first-order valence-corrected chi connectivity index (χ1v) is 7.54. The topological polar surface area (TPSA) is 68.5 Å². The maximum absolute atomic E-state index is 12.8. The Kier molecular flexibility index (Phi) is 4.33. The number of hydrogen-bond acceptors (Lipinski definition) is 3. The van der Waals surface area contributed by atoms with Gasteiger partial charge in [0.2, 0.25) is 0 Å². The number of carbonyl (C=O) groups is 1. The van der Waals surface area contributed by atoms with E-state index in [1.54, 1.807) is 29.9 Å². The van der Waals surface area contributed by atoms with E-state index < -0.39 is 5.97 Å². The van der Waals surface area contributed by atoms with Gasteiger partial charge in [0, 0.05) is 11.6 Å². The van der Waals surface area contributed by atoms with Crippen molar-refractivity contribution >= 4 is 16.9 Å². The highest BCUT2D eigenvalue weighted by Gasteiger charge is 2.13. The summed E-state index contributed by atoms with van der Waals surface area (Å²) >= 11 is 0. The quantitative estimate of drug-likeness (QED) is 0.784. The molecular formula is C19H17NO4. The Labute approximate surface area is 138 Å². The number of nitrogens with zero attached hydrogens (tertiary/aromatic N) is 1. The second kappa shape index (κ2) is 6.58. The molecule has 0 amide bonds. The normalized spacial score (nSPS) is 10.7. The number of rotatable bonds is 5. The van der Waals surface area contributed by atoms with Gasteiger partial charge in [0.1, 0.15) is 5.75 Å². The Morgan fingerprint density at radius 1 is 1.12 bits per heavy atom. The van der Waals surface area contributed by atoms with Gasteiger partial charge in [0.05, 0.1) is 25.6 Å². The van der Waals surface area contributed by atoms with E-state index >= 15 is 0 Å². The maximum Gasteiger partial charge on any atom is 0.308 e. The van der Waals surface area contributed by atoms with Crippen LogP contribution in [-0.2, 0) is 17.8 Å². The molecule has 3 aromatic rings. The van der Waals surface area contributed by atoms with Crippen molar-refractivity contribution in [1.82, 2.24) is 4.57 Å². The lowest BCUT2D eigenvalue weighted by Crippen LogP contribution is -2.26. The molecule has 0 aliphatic heterocycles. The lowest BCUT2D eigenvalue weighted by molar-refractivity contribution is -0.136. The van der Waals surface area contributed by atoms with Crippen molar-refractivity contribution in [3.05, 3.63) is 76.1 Å². The smallest absolute Gasteiger partial charge is 0.308 e. The van der Waals surface area contributed by atoms with E-state index in [1.807, 2.05) is 36.4 Å². The molecule has 0 unspecified atom stereocenters. The molecule has 1 N–H and O–H groups in total. The first-order chi connectivity index (χ1) is 11.6. The zero-order valence-corrected chi connectivity index (χ0v) is 13.2. The Morgan fingerprint density at radius 2 is 1.88 bits per heavy atom. The molecule has 0 atom stereocenters. The molecule has 0 spiro atoms. The van der Waals surface area contributed by atoms with Crippen LogP contribution in [0.4, 0.5) is 0 Å². The summed E-state index contributed by atoms with van der Waals surface area (Å²) in [7, 11) is 1.57. The molecule has 2 aromatic carbocycles. The van der Waals surface area contributed by atoms with Gasteiger partial charge >= 0.3 is 5.97 Å². The lowest BCUT2D eigenvalue weighted by atomic mass is 10.1. The summed E-state index contributed by atoms with van der Waals surface area (Å²) in [4.78, 5) is 23.8. The third kappa shape index (κ3) is 3.15. The minimum absolute atomic E-state index is 0.274. The van der Waals surface area contributed by atoms with E-state index in [4.69, 9.17) is 9.84 Å². The number of fused-ring (bicyclic) bond motifs is 1. The predicted octanol–water partition coefficient (Wildman–Crippen LogP) is 2.69. The number of methoxy groups -OCH3 is 1. The van der Waals surface area contributed by atoms with Crippen LogP contribution in [0.5, 0.6) is 5.75 Å². The number of carboxylic acid groups (broad SMARTS) is 1. The fourth-order valence-corrected chi connectivity index (χ4v) is 2.75. The molecule has 24 heavy (non-hydrogen) atoms. The number of benzene rings is 2. The van der Waals surface area contributed by atoms with Crippen LogP contribution in [0.2, 0.25) is 0 Å². The summed E-state index contributed by atoms with van der Waals surface area (Å²) in [6, 6.07) is 16.7. The average molecular weight is 323 g/mol. The summed E-state index contributed by atoms with van der Waals surface area (Å²) in [5.74, 6) is -0.374. The van der Waals surface area contributed by atoms with Gasteiger partial charge in [-0.2, -0.15) is 0 Å². The molecule has 0 aliphatic rings. The van der Waals surface area contributed by atoms with Crippen LogP contribution in [0, 0.1) is 0 Å². The number of hydrogen-bond donors (Lipinski definition) is 1. The molecule has 0 saturated heterocycles. The average Bonchev–Trinajstić information content (AvgIpc) is 2.58. The van der Waals surface area contributed by atoms with Gasteiger partial charge in [-0.15, -0.1) is 0 Å². The van der Waals surface area contributed by atoms with Crippen LogP contribution in [-0.4, -0.2) is 22.8 Å². The van der Waals surface area contributed by atoms with E-state index in [-0.39, 0.29) is 17.5 Å². The van der Waals surface area contributed by atoms with E-state index in [0.29, 0.717) is 12.3 Å². The monoisotopic (exact) mass is 323 g/mol. The van der Waals surface area contributed by atoms with Gasteiger partial charge in [-0.1, -0.05) is 30.3 Å². The van der Waals surface area contributed by atoms with Gasteiger partial charge in [0.25, 0.3) is 5.56 Å². The second-order valence-corrected chi connectivity index (χ2v) is 5.54. The minimum atomic E-state index is -1.02. The summed E-state index contributed by atoms with van der Waals surface area (Å²) in [6.45, 7) is 0.372. The van der Waals surface area contributed by atoms with Gasteiger partial charge < -0.3 is 14.4 Å². The molecule has 1 heterocycles. The standard InChI is InChI=1S/C19H17NO4/c1-24-16-8-7-14-9-15(10-18(21)22)19(23)20(17(14)11-16)12-13-5-3-2-4-6-13/h2-9,11H,10,12H2,1H3,(H,21,22). The van der Waals surface area contributed by atoms with Crippen LogP contribution >= 0.6 is 0 Å². The van der Waals surface area contributed by atoms with Gasteiger partial charge in [-0.3, -0.25) is 9.59 Å². The SMILES string of the molecule is COc1ccc2cc(CC(=O)O)c(=O)n(Cc3ccccc3)c2c1.